The Labute approximate surface area is 178 Å². The Bertz CT molecular complexity index is 1050. The second kappa shape index (κ2) is 8.13. The number of rotatable bonds is 5. The highest BCUT2D eigenvalue weighted by Crippen LogP contribution is 2.48. The van der Waals surface area contributed by atoms with Gasteiger partial charge in [0.2, 0.25) is 0 Å². The monoisotopic (exact) mass is 453 g/mol. The quantitative estimate of drug-likeness (QED) is 0.466. The lowest BCUT2D eigenvalue weighted by molar-refractivity contribution is -0.0597. The number of Topliss-reactive ketones (excluding diaryl/α,β-unsaturated/α-hetero) is 1. The molecule has 1 aliphatic heterocycles. The van der Waals surface area contributed by atoms with Gasteiger partial charge < -0.3 is 19.8 Å². The third-order valence-electron chi connectivity index (χ3n) is 4.74. The summed E-state index contributed by atoms with van der Waals surface area (Å²) in [5, 5.41) is 3.11. The van der Waals surface area contributed by atoms with E-state index in [1.165, 1.54) is 19.1 Å². The van der Waals surface area contributed by atoms with Crippen LogP contribution in [0.2, 0.25) is 5.02 Å². The first-order valence-corrected chi connectivity index (χ1v) is 10.9. The zero-order valence-electron chi connectivity index (χ0n) is 16.5. The van der Waals surface area contributed by atoms with Crippen molar-refractivity contribution < 1.29 is 33.2 Å². The normalized spacial score (nSPS) is 20.1. The van der Waals surface area contributed by atoms with Gasteiger partial charge in [-0.15, -0.1) is 0 Å². The van der Waals surface area contributed by atoms with Gasteiger partial charge in [-0.05, 0) is 57.2 Å². The summed E-state index contributed by atoms with van der Waals surface area (Å²) in [6.07, 6.45) is -1.25. The van der Waals surface area contributed by atoms with E-state index in [-0.39, 0.29) is 11.3 Å². The minimum absolute atomic E-state index is 0.213. The van der Waals surface area contributed by atoms with Gasteiger partial charge in [-0.3, -0.25) is 14.1 Å². The fourth-order valence-corrected chi connectivity index (χ4v) is 4.21. The molecule has 30 heavy (non-hydrogen) atoms. The summed E-state index contributed by atoms with van der Waals surface area (Å²) in [5.74, 6) is -0.374. The molecular formula is C20H21ClNO7P. The van der Waals surface area contributed by atoms with Crippen LogP contribution in [0.1, 0.15) is 53.1 Å². The molecule has 0 unspecified atom stereocenters. The molecule has 2 aromatic carbocycles. The summed E-state index contributed by atoms with van der Waals surface area (Å²) in [7, 11) is -4.94. The minimum atomic E-state index is -4.94. The van der Waals surface area contributed by atoms with E-state index in [0.717, 1.165) is 0 Å². The van der Waals surface area contributed by atoms with Gasteiger partial charge in [0, 0.05) is 21.7 Å². The highest BCUT2D eigenvalue weighted by molar-refractivity contribution is 7.46. The first-order valence-electron chi connectivity index (χ1n) is 9.02. The molecule has 0 aromatic heterocycles. The number of ketones is 1. The van der Waals surface area contributed by atoms with Crippen molar-refractivity contribution >= 4 is 31.1 Å². The predicted octanol–water partition coefficient (Wildman–Crippen LogP) is 3.66. The molecule has 0 saturated heterocycles. The lowest BCUT2D eigenvalue weighted by Gasteiger charge is -2.44. The zero-order valence-corrected chi connectivity index (χ0v) is 18.1. The molecule has 0 spiro atoms. The molecule has 2 atom stereocenters. The Morgan fingerprint density at radius 1 is 1.17 bits per heavy atom. The van der Waals surface area contributed by atoms with Crippen molar-refractivity contribution in [2.45, 2.75) is 38.5 Å². The van der Waals surface area contributed by atoms with Crippen LogP contribution in [-0.2, 0) is 9.09 Å². The number of hydrogen-bond acceptors (Lipinski definition) is 5. The first-order chi connectivity index (χ1) is 13.9. The minimum Gasteiger partial charge on any atom is -0.485 e. The molecule has 3 N–H and O–H groups in total. The lowest BCUT2D eigenvalue weighted by atomic mass is 9.85. The molecule has 0 aliphatic carbocycles. The van der Waals surface area contributed by atoms with E-state index in [2.05, 4.69) is 5.32 Å². The van der Waals surface area contributed by atoms with Crippen LogP contribution >= 0.6 is 19.4 Å². The van der Waals surface area contributed by atoms with E-state index < -0.39 is 31.5 Å². The smallest absolute Gasteiger partial charge is 0.470 e. The molecular weight excluding hydrogens is 433 g/mol. The Kier molecular flexibility index (Phi) is 6.09. The van der Waals surface area contributed by atoms with Gasteiger partial charge in [0.05, 0.1) is 6.04 Å². The van der Waals surface area contributed by atoms with E-state index in [0.29, 0.717) is 21.9 Å². The maximum absolute atomic E-state index is 12.9. The van der Waals surface area contributed by atoms with Crippen LogP contribution in [0.15, 0.2) is 42.5 Å². The third kappa shape index (κ3) is 4.91. The van der Waals surface area contributed by atoms with Crippen LogP contribution in [-0.4, -0.2) is 33.2 Å². The number of halogens is 1. The molecule has 1 aliphatic rings. The number of ether oxygens (including phenoxy) is 1. The fraction of sp³-hybridized carbons (Fsp3) is 0.300. The summed E-state index contributed by atoms with van der Waals surface area (Å²) < 4.78 is 22.6. The zero-order chi connectivity index (χ0) is 22.3. The summed E-state index contributed by atoms with van der Waals surface area (Å²) in [5.41, 5.74) is -0.228. The van der Waals surface area contributed by atoms with Crippen molar-refractivity contribution in [1.82, 2.24) is 5.32 Å². The molecule has 1 heterocycles. The van der Waals surface area contributed by atoms with Crippen molar-refractivity contribution in [3.05, 3.63) is 64.2 Å². The van der Waals surface area contributed by atoms with E-state index in [1.54, 1.807) is 44.2 Å². The maximum Gasteiger partial charge on any atom is 0.470 e. The van der Waals surface area contributed by atoms with Gasteiger partial charge in [-0.2, -0.15) is 0 Å². The van der Waals surface area contributed by atoms with Crippen molar-refractivity contribution in [2.75, 3.05) is 0 Å². The molecule has 0 radical (unpaired) electrons. The van der Waals surface area contributed by atoms with Gasteiger partial charge in [-0.25, -0.2) is 4.57 Å². The summed E-state index contributed by atoms with van der Waals surface area (Å²) >= 11 is 5.96. The van der Waals surface area contributed by atoms with Crippen LogP contribution in [0, 0.1) is 0 Å². The average molecular weight is 454 g/mol. The second-order valence-electron chi connectivity index (χ2n) is 7.49. The number of fused-ring (bicyclic) bond motifs is 1. The summed E-state index contributed by atoms with van der Waals surface area (Å²) in [6, 6.07) is 9.91. The van der Waals surface area contributed by atoms with Crippen molar-refractivity contribution in [3.63, 3.8) is 0 Å². The number of amides is 1. The average Bonchev–Trinajstić information content (AvgIpc) is 2.62. The van der Waals surface area contributed by atoms with Crippen LogP contribution in [0.25, 0.3) is 0 Å². The molecule has 0 saturated carbocycles. The first kappa shape index (κ1) is 22.5. The molecule has 1 amide bonds. The van der Waals surface area contributed by atoms with E-state index >= 15 is 0 Å². The number of nitrogens with one attached hydrogen (secondary N) is 1. The Morgan fingerprint density at radius 3 is 2.47 bits per heavy atom. The Balaban J connectivity index is 2.09. The topological polar surface area (TPSA) is 122 Å². The highest BCUT2D eigenvalue weighted by atomic mass is 35.5. The van der Waals surface area contributed by atoms with Crippen LogP contribution in [0.3, 0.4) is 0 Å². The van der Waals surface area contributed by atoms with E-state index in [9.17, 15) is 23.9 Å². The molecule has 0 bridgehead atoms. The van der Waals surface area contributed by atoms with Crippen LogP contribution in [0.5, 0.6) is 5.75 Å². The molecule has 3 rings (SSSR count). The number of hydrogen-bond donors (Lipinski definition) is 3. The van der Waals surface area contributed by atoms with Gasteiger partial charge in [-0.1, -0.05) is 17.7 Å². The molecule has 10 heteroatoms. The van der Waals surface area contributed by atoms with Gasteiger partial charge in [0.25, 0.3) is 5.91 Å². The van der Waals surface area contributed by atoms with E-state index in [4.69, 9.17) is 20.9 Å². The van der Waals surface area contributed by atoms with Crippen molar-refractivity contribution in [3.8, 4) is 5.75 Å². The van der Waals surface area contributed by atoms with E-state index in [1.807, 2.05) is 0 Å². The van der Waals surface area contributed by atoms with Crippen LogP contribution < -0.4 is 10.1 Å². The molecule has 0 fully saturated rings. The lowest BCUT2D eigenvalue weighted by Crippen LogP contribution is -2.54. The summed E-state index contributed by atoms with van der Waals surface area (Å²) in [6.45, 7) is 4.57. The SMILES string of the molecule is CC(=O)c1ccc2c(c1)[C@H](NC(=O)c1cccc(Cl)c1)[C@@H](OP(=O)(O)O)C(C)(C)O2. The molecule has 8 nitrogen and oxygen atoms in total. The molecule has 160 valence electrons. The van der Waals surface area contributed by atoms with Gasteiger partial charge in [0.15, 0.2) is 5.78 Å². The fourth-order valence-electron chi connectivity index (χ4n) is 3.35. The van der Waals surface area contributed by atoms with Crippen molar-refractivity contribution in [2.24, 2.45) is 0 Å². The van der Waals surface area contributed by atoms with Crippen molar-refractivity contribution in [1.29, 1.82) is 0 Å². The number of benzene rings is 2. The van der Waals surface area contributed by atoms with Gasteiger partial charge >= 0.3 is 7.82 Å². The predicted molar refractivity (Wildman–Crippen MR) is 110 cm³/mol. The summed E-state index contributed by atoms with van der Waals surface area (Å²) in [4.78, 5) is 43.6. The number of phosphoric acid groups is 1. The Hall–Kier alpha value is -2.22. The third-order valence-corrected chi connectivity index (χ3v) is 5.47. The number of carbonyl (C=O) groups is 2. The largest absolute Gasteiger partial charge is 0.485 e. The van der Waals surface area contributed by atoms with Crippen LogP contribution in [0.4, 0.5) is 0 Å². The maximum atomic E-state index is 12.9. The standard InChI is InChI=1S/C20H21ClNO7P/c1-11(23)12-7-8-16-15(10-12)17(18(20(2,3)28-16)29-30(25,26)27)22-19(24)13-5-4-6-14(21)9-13/h4-10,17-18H,1-3H3,(H,22,24)(H2,25,26,27)/t17-,18+/m0/s1. The number of phosphoric ester groups is 1. The second-order valence-corrected chi connectivity index (χ2v) is 9.12. The molecule has 2 aromatic rings. The highest BCUT2D eigenvalue weighted by Gasteiger charge is 2.48. The Morgan fingerprint density at radius 2 is 1.87 bits per heavy atom. The van der Waals surface area contributed by atoms with Gasteiger partial charge in [0.1, 0.15) is 17.5 Å². The number of carbonyl (C=O) groups excluding carboxylic acids is 2.